The molecule has 0 saturated heterocycles. The molecule has 0 unspecified atom stereocenters. The van der Waals surface area contributed by atoms with Crippen LogP contribution in [0.25, 0.3) is 0 Å². The zero-order chi connectivity index (χ0) is 13.7. The zero-order valence-electron chi connectivity index (χ0n) is 10.2. The number of halogens is 1. The summed E-state index contributed by atoms with van der Waals surface area (Å²) in [5.41, 5.74) is 0.894. The van der Waals surface area contributed by atoms with Crippen molar-refractivity contribution in [1.29, 1.82) is 0 Å². The standard InChI is InChI=1S/C14H14FNO3/c15-13-11(9-18)5-7-16-14(13)19-12-4-2-1-3-10(12)6-8-17/h1-5,7,17-18H,6,8-9H2. The molecule has 0 saturated carbocycles. The van der Waals surface area contributed by atoms with Crippen molar-refractivity contribution in [2.24, 2.45) is 0 Å². The van der Waals surface area contributed by atoms with Gasteiger partial charge in [0.05, 0.1) is 6.61 Å². The van der Waals surface area contributed by atoms with Crippen molar-refractivity contribution < 1.29 is 19.3 Å². The first-order valence-electron chi connectivity index (χ1n) is 5.87. The van der Waals surface area contributed by atoms with Crippen LogP contribution in [0.15, 0.2) is 36.5 Å². The monoisotopic (exact) mass is 263 g/mol. The lowest BCUT2D eigenvalue weighted by Crippen LogP contribution is -2.00. The van der Waals surface area contributed by atoms with Gasteiger partial charge in [-0.15, -0.1) is 0 Å². The summed E-state index contributed by atoms with van der Waals surface area (Å²) in [7, 11) is 0. The van der Waals surface area contributed by atoms with Gasteiger partial charge < -0.3 is 14.9 Å². The van der Waals surface area contributed by atoms with E-state index in [9.17, 15) is 4.39 Å². The Morgan fingerprint density at radius 2 is 1.89 bits per heavy atom. The van der Waals surface area contributed by atoms with Gasteiger partial charge in [0.15, 0.2) is 5.82 Å². The van der Waals surface area contributed by atoms with Crippen molar-refractivity contribution >= 4 is 0 Å². The molecule has 0 radical (unpaired) electrons. The zero-order valence-corrected chi connectivity index (χ0v) is 10.2. The molecule has 2 N–H and O–H groups in total. The molecule has 0 amide bonds. The predicted octanol–water partition coefficient (Wildman–Crippen LogP) is 2.04. The summed E-state index contributed by atoms with van der Waals surface area (Å²) in [6.07, 6.45) is 1.79. The fourth-order valence-electron chi connectivity index (χ4n) is 1.69. The van der Waals surface area contributed by atoms with Crippen LogP contribution in [-0.2, 0) is 13.0 Å². The van der Waals surface area contributed by atoms with E-state index in [1.54, 1.807) is 18.2 Å². The quantitative estimate of drug-likeness (QED) is 0.866. The molecule has 19 heavy (non-hydrogen) atoms. The minimum Gasteiger partial charge on any atom is -0.436 e. The molecule has 0 bridgehead atoms. The van der Waals surface area contributed by atoms with Gasteiger partial charge in [0.25, 0.3) is 5.88 Å². The Hall–Kier alpha value is -1.98. The number of pyridine rings is 1. The summed E-state index contributed by atoms with van der Waals surface area (Å²) >= 11 is 0. The lowest BCUT2D eigenvalue weighted by molar-refractivity contribution is 0.272. The Bertz CT molecular complexity index is 560. The first-order valence-corrected chi connectivity index (χ1v) is 5.87. The minimum atomic E-state index is -0.677. The van der Waals surface area contributed by atoms with Crippen LogP contribution in [-0.4, -0.2) is 21.8 Å². The fraction of sp³-hybridized carbons (Fsp3) is 0.214. The average Bonchev–Trinajstić information content (AvgIpc) is 2.43. The van der Waals surface area contributed by atoms with Crippen molar-refractivity contribution in [3.8, 4) is 11.6 Å². The molecule has 0 spiro atoms. The summed E-state index contributed by atoms with van der Waals surface area (Å²) in [5, 5.41) is 18.0. The van der Waals surface area contributed by atoms with Crippen molar-refractivity contribution in [3.05, 3.63) is 53.5 Å². The third kappa shape index (κ3) is 3.07. The van der Waals surface area contributed by atoms with E-state index in [0.29, 0.717) is 12.2 Å². The van der Waals surface area contributed by atoms with Crippen molar-refractivity contribution in [1.82, 2.24) is 4.98 Å². The van der Waals surface area contributed by atoms with Crippen LogP contribution in [0.4, 0.5) is 4.39 Å². The summed E-state index contributed by atoms with van der Waals surface area (Å²) in [6.45, 7) is -0.435. The van der Waals surface area contributed by atoms with E-state index in [1.165, 1.54) is 12.3 Å². The van der Waals surface area contributed by atoms with E-state index in [1.807, 2.05) is 6.07 Å². The third-order valence-corrected chi connectivity index (χ3v) is 2.67. The van der Waals surface area contributed by atoms with Gasteiger partial charge in [0.1, 0.15) is 5.75 Å². The smallest absolute Gasteiger partial charge is 0.256 e. The van der Waals surface area contributed by atoms with Crippen molar-refractivity contribution in [2.75, 3.05) is 6.61 Å². The van der Waals surface area contributed by atoms with Crippen LogP contribution >= 0.6 is 0 Å². The first kappa shape index (κ1) is 13.5. The predicted molar refractivity (Wildman–Crippen MR) is 67.4 cm³/mol. The molecule has 0 fully saturated rings. The number of ether oxygens (including phenoxy) is 1. The number of hydrogen-bond acceptors (Lipinski definition) is 4. The lowest BCUT2D eigenvalue weighted by Gasteiger charge is -2.11. The Kier molecular flexibility index (Phi) is 4.43. The molecule has 1 aromatic heterocycles. The number of rotatable bonds is 5. The number of para-hydroxylation sites is 1. The molecule has 0 aliphatic heterocycles. The Morgan fingerprint density at radius 3 is 2.63 bits per heavy atom. The maximum absolute atomic E-state index is 13.9. The van der Waals surface area contributed by atoms with Gasteiger partial charge in [-0.25, -0.2) is 9.37 Å². The Morgan fingerprint density at radius 1 is 1.11 bits per heavy atom. The number of aromatic nitrogens is 1. The maximum atomic E-state index is 13.9. The lowest BCUT2D eigenvalue weighted by atomic mass is 10.1. The number of aliphatic hydroxyl groups is 2. The molecule has 1 aromatic carbocycles. The van der Waals surface area contributed by atoms with Gasteiger partial charge in [0, 0.05) is 18.4 Å². The van der Waals surface area contributed by atoms with Crippen LogP contribution in [0, 0.1) is 5.82 Å². The second kappa shape index (κ2) is 6.26. The van der Waals surface area contributed by atoms with Gasteiger partial charge in [-0.3, -0.25) is 0 Å². The van der Waals surface area contributed by atoms with Crippen LogP contribution in [0.1, 0.15) is 11.1 Å². The molecule has 4 nitrogen and oxygen atoms in total. The van der Waals surface area contributed by atoms with E-state index in [-0.39, 0.29) is 18.1 Å². The summed E-state index contributed by atoms with van der Waals surface area (Å²) in [5.74, 6) is -0.418. The molecule has 0 atom stereocenters. The first-order chi connectivity index (χ1) is 9.26. The second-order valence-electron chi connectivity index (χ2n) is 3.93. The minimum absolute atomic E-state index is 0.0209. The molecule has 2 aromatic rings. The number of hydrogen-bond donors (Lipinski definition) is 2. The molecular weight excluding hydrogens is 249 g/mol. The van der Waals surface area contributed by atoms with Crippen LogP contribution in [0.3, 0.4) is 0 Å². The highest BCUT2D eigenvalue weighted by Gasteiger charge is 2.12. The van der Waals surface area contributed by atoms with Gasteiger partial charge in [-0.2, -0.15) is 0 Å². The number of aliphatic hydroxyl groups excluding tert-OH is 2. The molecule has 1 heterocycles. The molecule has 0 aliphatic rings. The van der Waals surface area contributed by atoms with Gasteiger partial charge in [-0.1, -0.05) is 18.2 Å². The number of benzene rings is 1. The molecule has 2 rings (SSSR count). The van der Waals surface area contributed by atoms with E-state index in [2.05, 4.69) is 4.98 Å². The Balaban J connectivity index is 2.31. The topological polar surface area (TPSA) is 62.6 Å². The van der Waals surface area contributed by atoms with E-state index in [0.717, 1.165) is 5.56 Å². The largest absolute Gasteiger partial charge is 0.436 e. The molecule has 0 aliphatic carbocycles. The maximum Gasteiger partial charge on any atom is 0.256 e. The van der Waals surface area contributed by atoms with Gasteiger partial charge >= 0.3 is 0 Å². The second-order valence-corrected chi connectivity index (χ2v) is 3.93. The van der Waals surface area contributed by atoms with Gasteiger partial charge in [-0.05, 0) is 24.1 Å². The van der Waals surface area contributed by atoms with Crippen LogP contribution in [0.5, 0.6) is 11.6 Å². The SMILES string of the molecule is OCCc1ccccc1Oc1nccc(CO)c1F. The van der Waals surface area contributed by atoms with Crippen molar-refractivity contribution in [2.45, 2.75) is 13.0 Å². The normalized spacial score (nSPS) is 10.5. The van der Waals surface area contributed by atoms with Gasteiger partial charge in [0.2, 0.25) is 0 Å². The third-order valence-electron chi connectivity index (χ3n) is 2.67. The summed E-state index contributed by atoms with van der Waals surface area (Å²) in [4.78, 5) is 3.81. The van der Waals surface area contributed by atoms with Crippen LogP contribution in [0.2, 0.25) is 0 Å². The highest BCUT2D eigenvalue weighted by atomic mass is 19.1. The summed E-state index contributed by atoms with van der Waals surface area (Å²) < 4.78 is 19.3. The van der Waals surface area contributed by atoms with E-state index < -0.39 is 12.4 Å². The number of nitrogens with zero attached hydrogens (tertiary/aromatic N) is 1. The van der Waals surface area contributed by atoms with E-state index in [4.69, 9.17) is 14.9 Å². The highest BCUT2D eigenvalue weighted by molar-refractivity contribution is 5.37. The van der Waals surface area contributed by atoms with Crippen LogP contribution < -0.4 is 4.74 Å². The van der Waals surface area contributed by atoms with E-state index >= 15 is 0 Å². The molecule has 5 heteroatoms. The fourth-order valence-corrected chi connectivity index (χ4v) is 1.69. The molecular formula is C14H14FNO3. The average molecular weight is 263 g/mol. The summed E-state index contributed by atoms with van der Waals surface area (Å²) in [6, 6.07) is 8.43. The van der Waals surface area contributed by atoms with Crippen molar-refractivity contribution in [3.63, 3.8) is 0 Å². The molecule has 100 valence electrons. The highest BCUT2D eigenvalue weighted by Crippen LogP contribution is 2.27. The Labute approximate surface area is 110 Å².